The molecule has 0 aromatic heterocycles. The molecule has 1 rings (SSSR count). The van der Waals surface area contributed by atoms with E-state index in [1.807, 2.05) is 20.8 Å². The lowest BCUT2D eigenvalue weighted by Gasteiger charge is -2.10. The molecule has 0 radical (unpaired) electrons. The van der Waals surface area contributed by atoms with Crippen molar-refractivity contribution in [3.05, 3.63) is 34.9 Å². The van der Waals surface area contributed by atoms with Gasteiger partial charge in [0.05, 0.1) is 36.5 Å². The Morgan fingerprint density at radius 3 is 1.07 bits per heavy atom. The van der Waals surface area contributed by atoms with Gasteiger partial charge in [-0.1, -0.05) is 40.0 Å². The Labute approximate surface area is 161 Å². The van der Waals surface area contributed by atoms with Crippen molar-refractivity contribution >= 4 is 17.9 Å². The Kier molecular flexibility index (Phi) is 10.8. The lowest BCUT2D eigenvalue weighted by atomic mass is 10.1. The molecule has 6 heteroatoms. The number of ether oxygens (including phenoxy) is 3. The number of carbonyl (C=O) groups is 3. The van der Waals surface area contributed by atoms with Crippen LogP contribution in [0.1, 0.15) is 90.4 Å². The molecule has 0 fully saturated rings. The molecule has 0 atom stereocenters. The fourth-order valence-corrected chi connectivity index (χ4v) is 2.16. The molecule has 0 heterocycles. The summed E-state index contributed by atoms with van der Waals surface area (Å²) in [6, 6.07) is 4.18. The fraction of sp³-hybridized carbons (Fsp3) is 0.571. The summed E-state index contributed by atoms with van der Waals surface area (Å²) in [6.07, 6.45) is 4.92. The van der Waals surface area contributed by atoms with Crippen LogP contribution in [0.25, 0.3) is 0 Å². The minimum atomic E-state index is -0.575. The van der Waals surface area contributed by atoms with Crippen molar-refractivity contribution in [1.29, 1.82) is 0 Å². The monoisotopic (exact) mass is 378 g/mol. The Bertz CT molecular complexity index is 525. The minimum absolute atomic E-state index is 0.137. The van der Waals surface area contributed by atoms with E-state index < -0.39 is 17.9 Å². The van der Waals surface area contributed by atoms with E-state index >= 15 is 0 Å². The number of hydrogen-bond donors (Lipinski definition) is 0. The van der Waals surface area contributed by atoms with Crippen molar-refractivity contribution < 1.29 is 28.6 Å². The van der Waals surface area contributed by atoms with E-state index in [1.165, 1.54) is 18.2 Å². The van der Waals surface area contributed by atoms with E-state index in [-0.39, 0.29) is 36.5 Å². The predicted molar refractivity (Wildman–Crippen MR) is 102 cm³/mol. The van der Waals surface area contributed by atoms with Gasteiger partial charge in [0, 0.05) is 0 Å². The second kappa shape index (κ2) is 12.9. The van der Waals surface area contributed by atoms with Crippen molar-refractivity contribution in [2.75, 3.05) is 19.8 Å². The number of hydrogen-bond acceptors (Lipinski definition) is 6. The molecule has 0 saturated heterocycles. The first-order chi connectivity index (χ1) is 13.0. The van der Waals surface area contributed by atoms with E-state index in [4.69, 9.17) is 14.2 Å². The van der Waals surface area contributed by atoms with Gasteiger partial charge in [0.25, 0.3) is 0 Å². The van der Waals surface area contributed by atoms with Crippen molar-refractivity contribution in [2.24, 2.45) is 0 Å². The molecule has 0 N–H and O–H groups in total. The highest BCUT2D eigenvalue weighted by Gasteiger charge is 2.18. The zero-order chi connectivity index (χ0) is 20.1. The maximum Gasteiger partial charge on any atom is 0.338 e. The van der Waals surface area contributed by atoms with Gasteiger partial charge in [0.15, 0.2) is 0 Å². The molecule has 6 nitrogen and oxygen atoms in total. The van der Waals surface area contributed by atoms with E-state index in [0.717, 1.165) is 38.5 Å². The van der Waals surface area contributed by atoms with Gasteiger partial charge >= 0.3 is 17.9 Å². The molecule has 1 aromatic rings. The largest absolute Gasteiger partial charge is 0.462 e. The van der Waals surface area contributed by atoms with Crippen LogP contribution in [0.4, 0.5) is 0 Å². The molecule has 150 valence electrons. The van der Waals surface area contributed by atoms with Gasteiger partial charge < -0.3 is 14.2 Å². The maximum absolute atomic E-state index is 12.3. The summed E-state index contributed by atoms with van der Waals surface area (Å²) in [7, 11) is 0. The van der Waals surface area contributed by atoms with Gasteiger partial charge in [-0.25, -0.2) is 14.4 Å². The third-order valence-corrected chi connectivity index (χ3v) is 3.83. The van der Waals surface area contributed by atoms with Crippen LogP contribution >= 0.6 is 0 Å². The van der Waals surface area contributed by atoms with Crippen LogP contribution in [0.5, 0.6) is 0 Å². The van der Waals surface area contributed by atoms with E-state index in [1.54, 1.807) is 0 Å². The van der Waals surface area contributed by atoms with Crippen molar-refractivity contribution in [1.82, 2.24) is 0 Å². The molecule has 0 aliphatic carbocycles. The van der Waals surface area contributed by atoms with Crippen LogP contribution in [0.2, 0.25) is 0 Å². The summed E-state index contributed by atoms with van der Waals surface area (Å²) >= 11 is 0. The average Bonchev–Trinajstić information content (AvgIpc) is 2.67. The summed E-state index contributed by atoms with van der Waals surface area (Å²) in [5, 5.41) is 0. The van der Waals surface area contributed by atoms with Crippen LogP contribution in [0.3, 0.4) is 0 Å². The number of carbonyl (C=O) groups excluding carboxylic acids is 3. The van der Waals surface area contributed by atoms with Gasteiger partial charge in [-0.2, -0.15) is 0 Å². The average molecular weight is 378 g/mol. The van der Waals surface area contributed by atoms with E-state index in [9.17, 15) is 14.4 Å². The summed E-state index contributed by atoms with van der Waals surface area (Å²) in [5.41, 5.74) is 0.412. The molecule has 0 saturated carbocycles. The van der Waals surface area contributed by atoms with Crippen LogP contribution in [0, 0.1) is 0 Å². The molecule has 0 aliphatic rings. The highest BCUT2D eigenvalue weighted by Crippen LogP contribution is 2.15. The molecular formula is C21H30O6. The van der Waals surface area contributed by atoms with Crippen molar-refractivity contribution in [3.63, 3.8) is 0 Å². The standard InChI is InChI=1S/C21H30O6/c1-4-7-10-25-19(22)16-13-17(20(23)26-11-8-5-2)15-18(14-16)21(24)27-12-9-6-3/h13-15H,4-12H2,1-3H3. The Morgan fingerprint density at radius 2 is 0.852 bits per heavy atom. The number of benzene rings is 1. The topological polar surface area (TPSA) is 78.9 Å². The molecule has 0 unspecified atom stereocenters. The van der Waals surface area contributed by atoms with Gasteiger partial charge in [-0.05, 0) is 37.5 Å². The van der Waals surface area contributed by atoms with E-state index in [0.29, 0.717) is 0 Å². The molecule has 0 amide bonds. The quantitative estimate of drug-likeness (QED) is 0.301. The first-order valence-electron chi connectivity index (χ1n) is 9.69. The second-order valence-corrected chi connectivity index (χ2v) is 6.27. The van der Waals surface area contributed by atoms with Crippen molar-refractivity contribution in [2.45, 2.75) is 59.3 Å². The lowest BCUT2D eigenvalue weighted by Crippen LogP contribution is -2.14. The Balaban J connectivity index is 3.01. The third kappa shape index (κ3) is 8.24. The van der Waals surface area contributed by atoms with Gasteiger partial charge in [-0.15, -0.1) is 0 Å². The summed E-state index contributed by atoms with van der Waals surface area (Å²) in [4.78, 5) is 36.8. The number of rotatable bonds is 12. The Hall–Kier alpha value is -2.37. The van der Waals surface area contributed by atoms with Gasteiger partial charge in [-0.3, -0.25) is 0 Å². The van der Waals surface area contributed by atoms with Crippen LogP contribution in [0.15, 0.2) is 18.2 Å². The normalized spacial score (nSPS) is 10.3. The highest BCUT2D eigenvalue weighted by molar-refractivity contribution is 6.00. The maximum atomic E-state index is 12.3. The first kappa shape index (κ1) is 22.7. The molecule has 0 aliphatic heterocycles. The fourth-order valence-electron chi connectivity index (χ4n) is 2.16. The predicted octanol–water partition coefficient (Wildman–Crippen LogP) is 4.56. The molecule has 0 bridgehead atoms. The lowest BCUT2D eigenvalue weighted by molar-refractivity contribution is 0.0497. The SMILES string of the molecule is CCCCOC(=O)c1cc(C(=O)OCCCC)cc(C(=O)OCCCC)c1. The van der Waals surface area contributed by atoms with Crippen molar-refractivity contribution in [3.8, 4) is 0 Å². The number of unbranched alkanes of at least 4 members (excludes halogenated alkanes) is 3. The smallest absolute Gasteiger partial charge is 0.338 e. The summed E-state index contributed by atoms with van der Waals surface area (Å²) < 4.78 is 15.6. The molecular weight excluding hydrogens is 348 g/mol. The zero-order valence-electron chi connectivity index (χ0n) is 16.5. The zero-order valence-corrected chi connectivity index (χ0v) is 16.5. The molecule has 27 heavy (non-hydrogen) atoms. The second-order valence-electron chi connectivity index (χ2n) is 6.27. The van der Waals surface area contributed by atoms with Gasteiger partial charge in [0.2, 0.25) is 0 Å². The van der Waals surface area contributed by atoms with Crippen LogP contribution in [-0.4, -0.2) is 37.7 Å². The summed E-state index contributed by atoms with van der Waals surface area (Å²) in [6.45, 7) is 6.84. The third-order valence-electron chi connectivity index (χ3n) is 3.83. The van der Waals surface area contributed by atoms with Crippen LogP contribution in [-0.2, 0) is 14.2 Å². The minimum Gasteiger partial charge on any atom is -0.462 e. The van der Waals surface area contributed by atoms with Gasteiger partial charge in [0.1, 0.15) is 0 Å². The number of esters is 3. The summed E-state index contributed by atoms with van der Waals surface area (Å²) in [5.74, 6) is -1.72. The first-order valence-corrected chi connectivity index (χ1v) is 9.69. The Morgan fingerprint density at radius 1 is 0.593 bits per heavy atom. The van der Waals surface area contributed by atoms with E-state index in [2.05, 4.69) is 0 Å². The van der Waals surface area contributed by atoms with Crippen LogP contribution < -0.4 is 0 Å². The molecule has 1 aromatic carbocycles. The molecule has 0 spiro atoms. The highest BCUT2D eigenvalue weighted by atomic mass is 16.5.